The second-order valence-corrected chi connectivity index (χ2v) is 2.72. The highest BCUT2D eigenvalue weighted by Crippen LogP contribution is 1.86. The van der Waals surface area contributed by atoms with Crippen LogP contribution in [0.25, 0.3) is 0 Å². The van der Waals surface area contributed by atoms with Crippen molar-refractivity contribution in [1.29, 1.82) is 0 Å². The number of aliphatic imine (C=N–C) groups is 1. The predicted octanol–water partition coefficient (Wildman–Crippen LogP) is 2.85. The van der Waals surface area contributed by atoms with E-state index in [0.717, 1.165) is 11.6 Å². The summed E-state index contributed by atoms with van der Waals surface area (Å²) in [7, 11) is 0. The summed E-state index contributed by atoms with van der Waals surface area (Å²) >= 11 is 3.81. The minimum Gasteiger partial charge on any atom is -0.449 e. The van der Waals surface area contributed by atoms with Crippen LogP contribution in [0.5, 0.6) is 0 Å². The molecule has 0 aliphatic carbocycles. The quantitative estimate of drug-likeness (QED) is 0.556. The van der Waals surface area contributed by atoms with Crippen molar-refractivity contribution in [2.45, 2.75) is 20.8 Å². The van der Waals surface area contributed by atoms with E-state index in [4.69, 9.17) is 4.42 Å². The molecule has 0 saturated heterocycles. The third-order valence-corrected chi connectivity index (χ3v) is 1.09. The summed E-state index contributed by atoms with van der Waals surface area (Å²) in [5, 5.41) is 1.60. The SMILES string of the molecule is CC(C)=N/C=C\S.Cc1ncco1. The summed E-state index contributed by atoms with van der Waals surface area (Å²) in [5.74, 6) is 0.718. The minimum absolute atomic E-state index is 0.718. The van der Waals surface area contributed by atoms with Crippen LogP contribution in [0.2, 0.25) is 0 Å². The zero-order valence-electron chi connectivity index (χ0n) is 8.06. The van der Waals surface area contributed by atoms with Crippen molar-refractivity contribution in [2.75, 3.05) is 0 Å². The monoisotopic (exact) mass is 198 g/mol. The molecule has 1 aromatic heterocycles. The molecule has 0 aromatic carbocycles. The van der Waals surface area contributed by atoms with Gasteiger partial charge in [0.25, 0.3) is 0 Å². The van der Waals surface area contributed by atoms with Gasteiger partial charge in [0.1, 0.15) is 6.26 Å². The fraction of sp³-hybridized carbons (Fsp3) is 0.333. The lowest BCUT2D eigenvalue weighted by atomic mass is 10.5. The number of hydrogen-bond acceptors (Lipinski definition) is 4. The van der Waals surface area contributed by atoms with Gasteiger partial charge in [0.15, 0.2) is 5.89 Å². The Morgan fingerprint density at radius 3 is 2.46 bits per heavy atom. The topological polar surface area (TPSA) is 38.4 Å². The Labute approximate surface area is 84.0 Å². The van der Waals surface area contributed by atoms with Crippen LogP contribution in [0, 0.1) is 6.92 Å². The van der Waals surface area contributed by atoms with Crippen LogP contribution in [0.1, 0.15) is 19.7 Å². The molecule has 3 nitrogen and oxygen atoms in total. The summed E-state index contributed by atoms with van der Waals surface area (Å²) in [5.41, 5.74) is 1.05. The summed E-state index contributed by atoms with van der Waals surface area (Å²) in [6, 6.07) is 0. The van der Waals surface area contributed by atoms with Crippen LogP contribution in [0.3, 0.4) is 0 Å². The van der Waals surface area contributed by atoms with Gasteiger partial charge in [-0.05, 0) is 19.3 Å². The van der Waals surface area contributed by atoms with Gasteiger partial charge in [-0.3, -0.25) is 4.99 Å². The normalized spacial score (nSPS) is 9.23. The maximum atomic E-state index is 4.72. The van der Waals surface area contributed by atoms with E-state index in [-0.39, 0.29) is 0 Å². The van der Waals surface area contributed by atoms with E-state index in [2.05, 4.69) is 22.6 Å². The number of thiol groups is 1. The van der Waals surface area contributed by atoms with E-state index in [9.17, 15) is 0 Å². The van der Waals surface area contributed by atoms with Gasteiger partial charge in [0.05, 0.1) is 6.20 Å². The number of nitrogens with zero attached hydrogens (tertiary/aromatic N) is 2. The fourth-order valence-corrected chi connectivity index (χ4v) is 0.544. The third-order valence-electron chi connectivity index (χ3n) is 0.955. The number of rotatable bonds is 1. The average Bonchev–Trinajstić information content (AvgIpc) is 2.53. The van der Waals surface area contributed by atoms with Crippen molar-refractivity contribution < 1.29 is 4.42 Å². The lowest BCUT2D eigenvalue weighted by molar-refractivity contribution is 0.521. The largest absolute Gasteiger partial charge is 0.449 e. The van der Waals surface area contributed by atoms with Gasteiger partial charge < -0.3 is 4.42 Å². The highest BCUT2D eigenvalue weighted by Gasteiger charge is 1.77. The first kappa shape index (κ1) is 12.0. The van der Waals surface area contributed by atoms with Crippen LogP contribution in [0.4, 0.5) is 0 Å². The highest BCUT2D eigenvalue weighted by molar-refractivity contribution is 7.83. The molecule has 1 heterocycles. The first-order valence-electron chi connectivity index (χ1n) is 3.83. The summed E-state index contributed by atoms with van der Waals surface area (Å²) in [6.45, 7) is 5.68. The van der Waals surface area contributed by atoms with E-state index in [1.54, 1.807) is 31.0 Å². The Morgan fingerprint density at radius 2 is 2.31 bits per heavy atom. The molecule has 0 aliphatic rings. The standard InChI is InChI=1S/C5H9NS.C4H5NO/c1-5(2)6-3-4-7;1-4-5-2-3-6-4/h3-4,7H,1-2H3;2-3H,1H3/b4-3-;. The molecule has 4 heteroatoms. The van der Waals surface area contributed by atoms with Crippen molar-refractivity contribution >= 4 is 18.3 Å². The molecule has 0 radical (unpaired) electrons. The van der Waals surface area contributed by atoms with Gasteiger partial charge in [-0.25, -0.2) is 4.98 Å². The third kappa shape index (κ3) is 8.88. The maximum absolute atomic E-state index is 4.72. The van der Waals surface area contributed by atoms with Crippen molar-refractivity contribution in [3.63, 3.8) is 0 Å². The first-order valence-corrected chi connectivity index (χ1v) is 4.34. The van der Waals surface area contributed by atoms with E-state index >= 15 is 0 Å². The molecule has 0 bridgehead atoms. The zero-order chi connectivity index (χ0) is 10.1. The molecule has 0 N–H and O–H groups in total. The molecule has 0 saturated carbocycles. The lowest BCUT2D eigenvalue weighted by Gasteiger charge is -1.77. The molecular weight excluding hydrogens is 184 g/mol. The summed E-state index contributed by atoms with van der Waals surface area (Å²) in [4.78, 5) is 7.65. The zero-order valence-corrected chi connectivity index (χ0v) is 8.95. The molecule has 0 aliphatic heterocycles. The van der Waals surface area contributed by atoms with Gasteiger partial charge in [0.2, 0.25) is 0 Å². The van der Waals surface area contributed by atoms with Crippen molar-refractivity contribution in [3.8, 4) is 0 Å². The van der Waals surface area contributed by atoms with E-state index < -0.39 is 0 Å². The Kier molecular flexibility index (Phi) is 7.01. The number of hydrogen-bond donors (Lipinski definition) is 1. The molecule has 0 spiro atoms. The van der Waals surface area contributed by atoms with Crippen molar-refractivity contribution in [1.82, 2.24) is 4.98 Å². The average molecular weight is 198 g/mol. The second kappa shape index (κ2) is 7.61. The van der Waals surface area contributed by atoms with Gasteiger partial charge in [-0.1, -0.05) is 0 Å². The van der Waals surface area contributed by atoms with E-state index in [1.165, 1.54) is 0 Å². The summed E-state index contributed by atoms with van der Waals surface area (Å²) < 4.78 is 4.72. The van der Waals surface area contributed by atoms with Gasteiger partial charge in [0, 0.05) is 18.8 Å². The Morgan fingerprint density at radius 1 is 1.62 bits per heavy atom. The predicted molar refractivity (Wildman–Crippen MR) is 58.1 cm³/mol. The van der Waals surface area contributed by atoms with Crippen LogP contribution >= 0.6 is 12.6 Å². The van der Waals surface area contributed by atoms with Crippen LogP contribution < -0.4 is 0 Å². The minimum atomic E-state index is 0.718. The lowest BCUT2D eigenvalue weighted by Crippen LogP contribution is -1.73. The van der Waals surface area contributed by atoms with Crippen LogP contribution in [-0.2, 0) is 0 Å². The second-order valence-electron chi connectivity index (χ2n) is 2.43. The number of aryl methyl sites for hydroxylation is 1. The van der Waals surface area contributed by atoms with E-state index in [1.807, 2.05) is 13.8 Å². The van der Waals surface area contributed by atoms with Crippen LogP contribution in [0.15, 0.2) is 33.5 Å². The molecule has 0 fully saturated rings. The molecular formula is C9H14N2OS. The molecule has 1 rings (SSSR count). The smallest absolute Gasteiger partial charge is 0.190 e. The first-order chi connectivity index (χ1) is 6.16. The highest BCUT2D eigenvalue weighted by atomic mass is 32.1. The Hall–Kier alpha value is -1.03. The molecule has 72 valence electrons. The fourth-order valence-electron chi connectivity index (χ4n) is 0.477. The van der Waals surface area contributed by atoms with E-state index in [0.29, 0.717) is 0 Å². The molecule has 0 unspecified atom stereocenters. The summed E-state index contributed by atoms with van der Waals surface area (Å²) in [6.07, 6.45) is 4.82. The molecule has 1 aromatic rings. The van der Waals surface area contributed by atoms with Gasteiger partial charge in [-0.15, -0.1) is 12.6 Å². The van der Waals surface area contributed by atoms with Crippen molar-refractivity contribution in [2.24, 2.45) is 4.99 Å². The number of oxazole rings is 1. The van der Waals surface area contributed by atoms with Crippen LogP contribution in [-0.4, -0.2) is 10.7 Å². The molecule has 13 heavy (non-hydrogen) atoms. The molecule has 0 amide bonds. The van der Waals surface area contributed by atoms with Crippen molar-refractivity contribution in [3.05, 3.63) is 30.0 Å². The van der Waals surface area contributed by atoms with Gasteiger partial charge >= 0.3 is 0 Å². The molecule has 0 atom stereocenters. The Bertz CT molecular complexity index is 261. The van der Waals surface area contributed by atoms with Gasteiger partial charge in [-0.2, -0.15) is 0 Å². The Balaban J connectivity index is 0.000000223. The maximum Gasteiger partial charge on any atom is 0.190 e. The number of aromatic nitrogens is 1.